The highest BCUT2D eigenvalue weighted by molar-refractivity contribution is 7.92. The molecule has 0 fully saturated rings. The van der Waals surface area contributed by atoms with Gasteiger partial charge in [-0.15, -0.1) is 0 Å². The summed E-state index contributed by atoms with van der Waals surface area (Å²) in [6, 6.07) is 6.97. The Morgan fingerprint density at radius 3 is 2.48 bits per heavy atom. The van der Waals surface area contributed by atoms with Gasteiger partial charge in [0.05, 0.1) is 21.7 Å². The number of nitrogens with zero attached hydrogens (tertiary/aromatic N) is 1. The molecule has 2 aromatic rings. The van der Waals surface area contributed by atoms with Crippen molar-refractivity contribution >= 4 is 27.3 Å². The van der Waals surface area contributed by atoms with Crippen molar-refractivity contribution in [2.75, 3.05) is 22.8 Å². The quantitative estimate of drug-likeness (QED) is 0.697. The first-order valence-corrected chi connectivity index (χ1v) is 11.5. The Bertz CT molecular complexity index is 1100. The molecule has 1 N–H and O–H groups in total. The lowest BCUT2D eigenvalue weighted by Crippen LogP contribution is -2.42. The number of anilines is 2. The van der Waals surface area contributed by atoms with Crippen molar-refractivity contribution in [3.63, 3.8) is 0 Å². The molecule has 6 nitrogen and oxygen atoms in total. The smallest absolute Gasteiger partial charge is 0.262 e. The van der Waals surface area contributed by atoms with Gasteiger partial charge in [0.25, 0.3) is 10.0 Å². The van der Waals surface area contributed by atoms with Gasteiger partial charge in [-0.25, -0.2) is 17.2 Å². The second kappa shape index (κ2) is 8.45. The highest BCUT2D eigenvalue weighted by Gasteiger charge is 2.37. The molecule has 0 radical (unpaired) electrons. The van der Waals surface area contributed by atoms with Gasteiger partial charge in [0.15, 0.2) is 11.6 Å². The highest BCUT2D eigenvalue weighted by Crippen LogP contribution is 2.39. The van der Waals surface area contributed by atoms with E-state index in [-0.39, 0.29) is 18.2 Å². The van der Waals surface area contributed by atoms with E-state index in [1.54, 1.807) is 24.8 Å². The number of rotatable bonds is 6. The molecular formula is C22H26F2N2O4S. The number of fused-ring (bicyclic) bond motifs is 1. The third kappa shape index (κ3) is 4.98. The fourth-order valence-electron chi connectivity index (χ4n) is 3.18. The zero-order valence-electron chi connectivity index (χ0n) is 17.9. The molecule has 31 heavy (non-hydrogen) atoms. The minimum absolute atomic E-state index is 0.0676. The number of sulfonamides is 1. The van der Waals surface area contributed by atoms with Gasteiger partial charge >= 0.3 is 0 Å². The van der Waals surface area contributed by atoms with Crippen LogP contribution in [-0.2, 0) is 14.8 Å². The van der Waals surface area contributed by atoms with Crippen LogP contribution in [0.4, 0.5) is 20.2 Å². The van der Waals surface area contributed by atoms with Crippen LogP contribution in [0.15, 0.2) is 41.3 Å². The molecule has 2 aromatic carbocycles. The van der Waals surface area contributed by atoms with Crippen LogP contribution in [0.1, 0.15) is 34.1 Å². The molecular weight excluding hydrogens is 426 g/mol. The fourth-order valence-corrected chi connectivity index (χ4v) is 4.24. The van der Waals surface area contributed by atoms with Crippen molar-refractivity contribution in [2.45, 2.75) is 39.0 Å². The highest BCUT2D eigenvalue weighted by atomic mass is 32.2. The van der Waals surface area contributed by atoms with Crippen LogP contribution in [-0.4, -0.2) is 27.5 Å². The first-order valence-electron chi connectivity index (χ1n) is 9.97. The van der Waals surface area contributed by atoms with Gasteiger partial charge in [-0.2, -0.15) is 0 Å². The third-order valence-corrected chi connectivity index (χ3v) is 6.43. The Hall–Kier alpha value is -2.68. The SMILES string of the molecule is CC(C)CCN1C(=O)C(C)(C)COc2cc(NS(=O)(=O)c3ccc(F)c(F)c3)ccc21. The summed E-state index contributed by atoms with van der Waals surface area (Å²) in [5.74, 6) is -1.69. The average molecular weight is 453 g/mol. The van der Waals surface area contributed by atoms with E-state index in [0.717, 1.165) is 18.6 Å². The van der Waals surface area contributed by atoms with Crippen LogP contribution in [0.3, 0.4) is 0 Å². The summed E-state index contributed by atoms with van der Waals surface area (Å²) in [6.45, 7) is 8.39. The maximum Gasteiger partial charge on any atom is 0.262 e. The Labute approximate surface area is 181 Å². The summed E-state index contributed by atoms with van der Waals surface area (Å²) < 4.78 is 60.0. The molecule has 0 bridgehead atoms. The summed E-state index contributed by atoms with van der Waals surface area (Å²) in [7, 11) is -4.15. The predicted octanol–water partition coefficient (Wildman–Crippen LogP) is 4.56. The lowest BCUT2D eigenvalue weighted by Gasteiger charge is -2.28. The standard InChI is InChI=1S/C22H26F2N2O4S/c1-14(2)9-10-26-19-8-5-15(11-20(19)30-13-22(3,4)21(26)27)25-31(28,29)16-6-7-17(23)18(24)12-16/h5-8,11-12,14,25H,9-10,13H2,1-4H3. The number of carbonyl (C=O) groups excluding carboxylic acids is 1. The molecule has 1 aliphatic heterocycles. The molecule has 0 saturated heterocycles. The van der Waals surface area contributed by atoms with Gasteiger partial charge in [0, 0.05) is 12.6 Å². The summed E-state index contributed by atoms with van der Waals surface area (Å²) in [4.78, 5) is 14.3. The molecule has 3 rings (SSSR count). The summed E-state index contributed by atoms with van der Waals surface area (Å²) >= 11 is 0. The lowest BCUT2D eigenvalue weighted by molar-refractivity contribution is -0.127. The summed E-state index contributed by atoms with van der Waals surface area (Å²) in [5, 5.41) is 0. The number of hydrogen-bond donors (Lipinski definition) is 1. The normalized spacial score (nSPS) is 16.0. The minimum Gasteiger partial charge on any atom is -0.490 e. The monoisotopic (exact) mass is 452 g/mol. The minimum atomic E-state index is -4.15. The van der Waals surface area contributed by atoms with Crippen molar-refractivity contribution in [3.8, 4) is 5.75 Å². The van der Waals surface area contributed by atoms with Crippen molar-refractivity contribution in [1.29, 1.82) is 0 Å². The van der Waals surface area contributed by atoms with Gasteiger partial charge in [-0.1, -0.05) is 13.8 Å². The Morgan fingerprint density at radius 2 is 1.84 bits per heavy atom. The number of ether oxygens (including phenoxy) is 1. The van der Waals surface area contributed by atoms with E-state index in [9.17, 15) is 22.0 Å². The van der Waals surface area contributed by atoms with Crippen LogP contribution in [0.5, 0.6) is 5.75 Å². The molecule has 1 aliphatic rings. The second-order valence-electron chi connectivity index (χ2n) is 8.68. The van der Waals surface area contributed by atoms with Crippen LogP contribution >= 0.6 is 0 Å². The first-order chi connectivity index (χ1) is 14.4. The van der Waals surface area contributed by atoms with E-state index in [1.807, 2.05) is 0 Å². The zero-order chi connectivity index (χ0) is 23.0. The van der Waals surface area contributed by atoms with Crippen LogP contribution < -0.4 is 14.4 Å². The first kappa shape index (κ1) is 23.0. The van der Waals surface area contributed by atoms with Gasteiger partial charge in [0.1, 0.15) is 12.4 Å². The Kier molecular flexibility index (Phi) is 6.27. The fraction of sp³-hybridized carbons (Fsp3) is 0.409. The molecule has 1 amide bonds. The topological polar surface area (TPSA) is 75.7 Å². The number of benzene rings is 2. The molecule has 0 aromatic heterocycles. The summed E-state index contributed by atoms with van der Waals surface area (Å²) in [5.41, 5.74) is -0.00662. The van der Waals surface area contributed by atoms with Crippen molar-refractivity contribution in [3.05, 3.63) is 48.0 Å². The molecule has 9 heteroatoms. The maximum atomic E-state index is 13.5. The molecule has 0 spiro atoms. The molecule has 0 unspecified atom stereocenters. The molecule has 168 valence electrons. The van der Waals surface area contributed by atoms with Crippen molar-refractivity contribution in [1.82, 2.24) is 0 Å². The van der Waals surface area contributed by atoms with Gasteiger partial charge in [-0.05, 0) is 56.5 Å². The van der Waals surface area contributed by atoms with Crippen molar-refractivity contribution < 1.29 is 26.7 Å². The maximum absolute atomic E-state index is 13.5. The van der Waals surface area contributed by atoms with E-state index >= 15 is 0 Å². The Morgan fingerprint density at radius 1 is 1.13 bits per heavy atom. The molecule has 0 aliphatic carbocycles. The molecule has 0 atom stereocenters. The molecule has 1 heterocycles. The second-order valence-corrected chi connectivity index (χ2v) is 10.4. The van der Waals surface area contributed by atoms with Crippen molar-refractivity contribution in [2.24, 2.45) is 11.3 Å². The predicted molar refractivity (Wildman–Crippen MR) is 115 cm³/mol. The van der Waals surface area contributed by atoms with E-state index in [2.05, 4.69) is 18.6 Å². The van der Waals surface area contributed by atoms with E-state index in [4.69, 9.17) is 4.74 Å². The van der Waals surface area contributed by atoms with Crippen LogP contribution in [0.25, 0.3) is 0 Å². The number of nitrogens with one attached hydrogen (secondary N) is 1. The third-order valence-electron chi connectivity index (χ3n) is 5.05. The number of hydrogen-bond acceptors (Lipinski definition) is 4. The van der Waals surface area contributed by atoms with Gasteiger partial charge in [-0.3, -0.25) is 9.52 Å². The Balaban J connectivity index is 1.94. The van der Waals surface area contributed by atoms with Gasteiger partial charge in [0.2, 0.25) is 5.91 Å². The molecule has 0 saturated carbocycles. The lowest BCUT2D eigenvalue weighted by atomic mass is 9.92. The summed E-state index contributed by atoms with van der Waals surface area (Å²) in [6.07, 6.45) is 0.797. The number of carbonyl (C=O) groups is 1. The van der Waals surface area contributed by atoms with Gasteiger partial charge < -0.3 is 9.64 Å². The van der Waals surface area contributed by atoms with E-state index in [1.165, 1.54) is 12.1 Å². The van der Waals surface area contributed by atoms with E-state index < -0.39 is 32.0 Å². The number of amides is 1. The average Bonchev–Trinajstić information content (AvgIpc) is 2.77. The zero-order valence-corrected chi connectivity index (χ0v) is 18.7. The largest absolute Gasteiger partial charge is 0.490 e. The number of halogens is 2. The van der Waals surface area contributed by atoms with Crippen LogP contribution in [0.2, 0.25) is 0 Å². The van der Waals surface area contributed by atoms with Crippen LogP contribution in [0, 0.1) is 23.0 Å². The van der Waals surface area contributed by atoms with E-state index in [0.29, 0.717) is 30.0 Å².